The number of benzene rings is 2. The lowest BCUT2D eigenvalue weighted by Crippen LogP contribution is -2.40. The summed E-state index contributed by atoms with van der Waals surface area (Å²) in [7, 11) is 0. The molecule has 1 N–H and O–H groups in total. The van der Waals surface area contributed by atoms with E-state index in [0.29, 0.717) is 12.4 Å². The minimum absolute atomic E-state index is 0.246. The number of hydrogen-bond donors (Lipinski definition) is 1. The summed E-state index contributed by atoms with van der Waals surface area (Å²) in [5, 5.41) is 3.45. The van der Waals surface area contributed by atoms with Crippen LogP contribution in [0.15, 0.2) is 53.0 Å². The highest BCUT2D eigenvalue weighted by molar-refractivity contribution is 9.10. The Balaban J connectivity index is 2.15. The number of nitrogens with one attached hydrogen (secondary N) is 1. The largest absolute Gasteiger partial charge is 0.302 e. The molecule has 20 heavy (non-hydrogen) atoms. The van der Waals surface area contributed by atoms with Gasteiger partial charge in [0.1, 0.15) is 5.82 Å². The van der Waals surface area contributed by atoms with Crippen molar-refractivity contribution in [3.8, 4) is 0 Å². The minimum Gasteiger partial charge on any atom is -0.302 e. The predicted molar refractivity (Wildman–Crippen MR) is 85.5 cm³/mol. The Morgan fingerprint density at radius 1 is 1.20 bits per heavy atom. The van der Waals surface area contributed by atoms with Gasteiger partial charge in [0.05, 0.1) is 5.54 Å². The van der Waals surface area contributed by atoms with Crippen molar-refractivity contribution in [2.75, 3.05) is 5.88 Å². The first-order valence-electron chi connectivity index (χ1n) is 6.35. The van der Waals surface area contributed by atoms with Gasteiger partial charge < -0.3 is 5.32 Å². The van der Waals surface area contributed by atoms with Gasteiger partial charge in [0, 0.05) is 16.9 Å². The summed E-state index contributed by atoms with van der Waals surface area (Å²) < 4.78 is 13.8. The number of hydrogen-bond acceptors (Lipinski definition) is 1. The summed E-state index contributed by atoms with van der Waals surface area (Å²) in [6.45, 7) is 2.67. The van der Waals surface area contributed by atoms with Crippen molar-refractivity contribution in [1.29, 1.82) is 0 Å². The van der Waals surface area contributed by atoms with Crippen LogP contribution in [0.4, 0.5) is 4.39 Å². The molecule has 0 saturated heterocycles. The van der Waals surface area contributed by atoms with E-state index in [2.05, 4.69) is 40.3 Å². The third-order valence-electron chi connectivity index (χ3n) is 3.36. The molecular formula is C16H16BrClFN. The molecule has 106 valence electrons. The highest BCUT2D eigenvalue weighted by Crippen LogP contribution is 2.24. The van der Waals surface area contributed by atoms with E-state index in [-0.39, 0.29) is 11.4 Å². The van der Waals surface area contributed by atoms with Gasteiger partial charge in [0.2, 0.25) is 0 Å². The Kier molecular flexibility index (Phi) is 5.19. The maximum Gasteiger partial charge on any atom is 0.124 e. The standard InChI is InChI=1S/C16H16BrClFN/c1-16(11-18,13-5-3-2-4-6-13)20-10-12-7-8-14(19)9-15(12)17/h2-9,20H,10-11H2,1H3. The summed E-state index contributed by atoms with van der Waals surface area (Å²) in [4.78, 5) is 0. The molecule has 0 spiro atoms. The lowest BCUT2D eigenvalue weighted by Gasteiger charge is -2.29. The molecule has 0 radical (unpaired) electrons. The zero-order valence-corrected chi connectivity index (χ0v) is 13.5. The van der Waals surface area contributed by atoms with Crippen LogP contribution in [0.2, 0.25) is 0 Å². The first kappa shape index (κ1) is 15.5. The lowest BCUT2D eigenvalue weighted by molar-refractivity contribution is 0.406. The molecule has 0 heterocycles. The lowest BCUT2D eigenvalue weighted by atomic mass is 9.94. The Morgan fingerprint density at radius 2 is 1.90 bits per heavy atom. The van der Waals surface area contributed by atoms with Gasteiger partial charge in [-0.15, -0.1) is 11.6 Å². The molecule has 2 rings (SSSR count). The monoisotopic (exact) mass is 355 g/mol. The van der Waals surface area contributed by atoms with Gasteiger partial charge in [-0.3, -0.25) is 0 Å². The van der Waals surface area contributed by atoms with Gasteiger partial charge in [0.15, 0.2) is 0 Å². The third kappa shape index (κ3) is 3.60. The van der Waals surface area contributed by atoms with Crippen LogP contribution in [-0.2, 0) is 12.1 Å². The molecule has 0 amide bonds. The topological polar surface area (TPSA) is 12.0 Å². The first-order chi connectivity index (χ1) is 9.55. The van der Waals surface area contributed by atoms with E-state index in [1.54, 1.807) is 6.07 Å². The molecule has 0 fully saturated rings. The van der Waals surface area contributed by atoms with E-state index in [1.165, 1.54) is 12.1 Å². The number of rotatable bonds is 5. The smallest absolute Gasteiger partial charge is 0.124 e. The van der Waals surface area contributed by atoms with Crippen molar-refractivity contribution in [2.24, 2.45) is 0 Å². The fourth-order valence-corrected chi connectivity index (χ4v) is 2.73. The normalized spacial score (nSPS) is 14.0. The molecule has 0 aliphatic heterocycles. The van der Waals surface area contributed by atoms with Crippen molar-refractivity contribution >= 4 is 27.5 Å². The molecule has 0 aliphatic carbocycles. The van der Waals surface area contributed by atoms with E-state index < -0.39 is 0 Å². The van der Waals surface area contributed by atoms with Crippen LogP contribution in [0, 0.1) is 5.82 Å². The van der Waals surface area contributed by atoms with Crippen molar-refractivity contribution < 1.29 is 4.39 Å². The van der Waals surface area contributed by atoms with Crippen molar-refractivity contribution in [1.82, 2.24) is 5.32 Å². The van der Waals surface area contributed by atoms with Crippen LogP contribution < -0.4 is 5.32 Å². The molecule has 2 aromatic rings. The van der Waals surface area contributed by atoms with Gasteiger partial charge in [0.25, 0.3) is 0 Å². The van der Waals surface area contributed by atoms with E-state index >= 15 is 0 Å². The molecular weight excluding hydrogens is 341 g/mol. The van der Waals surface area contributed by atoms with Gasteiger partial charge in [-0.2, -0.15) is 0 Å². The Morgan fingerprint density at radius 3 is 2.50 bits per heavy atom. The quantitative estimate of drug-likeness (QED) is 0.757. The fourth-order valence-electron chi connectivity index (χ4n) is 1.99. The predicted octanol–water partition coefficient (Wildman–Crippen LogP) is 4.83. The SMILES string of the molecule is CC(CCl)(NCc1ccc(F)cc1Br)c1ccccc1. The molecule has 1 atom stereocenters. The molecule has 0 bridgehead atoms. The molecule has 1 unspecified atom stereocenters. The van der Waals surface area contributed by atoms with Crippen LogP contribution in [-0.4, -0.2) is 5.88 Å². The Bertz CT molecular complexity index is 576. The second-order valence-electron chi connectivity index (χ2n) is 4.92. The maximum absolute atomic E-state index is 13.1. The number of halogens is 3. The Labute approximate surface area is 132 Å². The summed E-state index contributed by atoms with van der Waals surface area (Å²) >= 11 is 9.52. The Hall–Kier alpha value is -0.900. The molecule has 1 nitrogen and oxygen atoms in total. The van der Waals surface area contributed by atoms with Gasteiger partial charge in [-0.25, -0.2) is 4.39 Å². The highest BCUT2D eigenvalue weighted by Gasteiger charge is 2.24. The molecule has 4 heteroatoms. The summed E-state index contributed by atoms with van der Waals surface area (Å²) in [5.74, 6) is 0.208. The second-order valence-corrected chi connectivity index (χ2v) is 6.04. The van der Waals surface area contributed by atoms with Crippen LogP contribution >= 0.6 is 27.5 Å². The molecule has 0 aliphatic rings. The summed E-state index contributed by atoms with van der Waals surface area (Å²) in [5.41, 5.74) is 1.81. The minimum atomic E-state index is -0.323. The van der Waals surface area contributed by atoms with E-state index in [9.17, 15) is 4.39 Å². The highest BCUT2D eigenvalue weighted by atomic mass is 79.9. The maximum atomic E-state index is 13.1. The van der Waals surface area contributed by atoms with Crippen molar-refractivity contribution in [3.63, 3.8) is 0 Å². The van der Waals surface area contributed by atoms with Crippen molar-refractivity contribution in [3.05, 3.63) is 69.9 Å². The van der Waals surface area contributed by atoms with Gasteiger partial charge in [-0.1, -0.05) is 52.3 Å². The summed E-state index contributed by atoms with van der Waals surface area (Å²) in [6.07, 6.45) is 0. The van der Waals surface area contributed by atoms with E-state index in [4.69, 9.17) is 11.6 Å². The average molecular weight is 357 g/mol. The van der Waals surface area contributed by atoms with Crippen molar-refractivity contribution in [2.45, 2.75) is 19.0 Å². The third-order valence-corrected chi connectivity index (χ3v) is 4.64. The first-order valence-corrected chi connectivity index (χ1v) is 7.68. The fraction of sp³-hybridized carbons (Fsp3) is 0.250. The number of alkyl halides is 1. The zero-order valence-electron chi connectivity index (χ0n) is 11.2. The zero-order chi connectivity index (χ0) is 14.6. The van der Waals surface area contributed by atoms with Crippen LogP contribution in [0.3, 0.4) is 0 Å². The average Bonchev–Trinajstić information content (AvgIpc) is 2.47. The van der Waals surface area contributed by atoms with E-state index in [0.717, 1.165) is 15.6 Å². The molecule has 0 aromatic heterocycles. The van der Waals surface area contributed by atoms with Gasteiger partial charge in [-0.05, 0) is 30.2 Å². The van der Waals surface area contributed by atoms with Crippen LogP contribution in [0.25, 0.3) is 0 Å². The summed E-state index contributed by atoms with van der Waals surface area (Å²) in [6, 6.07) is 14.8. The molecule has 2 aromatic carbocycles. The second kappa shape index (κ2) is 6.70. The van der Waals surface area contributed by atoms with Gasteiger partial charge >= 0.3 is 0 Å². The van der Waals surface area contributed by atoms with Crippen LogP contribution in [0.1, 0.15) is 18.1 Å². The van der Waals surface area contributed by atoms with E-state index in [1.807, 2.05) is 18.2 Å². The molecule has 0 saturated carbocycles. The van der Waals surface area contributed by atoms with Crippen LogP contribution in [0.5, 0.6) is 0 Å².